The van der Waals surface area contributed by atoms with Gasteiger partial charge in [-0.25, -0.2) is 0 Å². The van der Waals surface area contributed by atoms with Crippen molar-refractivity contribution in [1.82, 2.24) is 5.32 Å². The minimum atomic E-state index is -0.587. The minimum Gasteiger partial charge on any atom is -0.348 e. The summed E-state index contributed by atoms with van der Waals surface area (Å²) in [5.74, 6) is -0.326. The summed E-state index contributed by atoms with van der Waals surface area (Å²) in [6, 6.07) is 11.7. The molecule has 2 rings (SSSR count). The lowest BCUT2D eigenvalue weighted by atomic mass is 10.1. The number of hydrogen-bond donors (Lipinski definition) is 1. The SMILES string of the molecule is Cc1cccc(CNC(=O)c2ccc([N+](=O)[O-])c(Cl)c2)c1. The van der Waals surface area contributed by atoms with Gasteiger partial charge in [0.1, 0.15) is 5.02 Å². The fourth-order valence-corrected chi connectivity index (χ4v) is 2.15. The highest BCUT2D eigenvalue weighted by Gasteiger charge is 2.15. The third kappa shape index (κ3) is 3.79. The molecular weight excluding hydrogens is 292 g/mol. The Morgan fingerprint density at radius 1 is 1.29 bits per heavy atom. The second kappa shape index (κ2) is 6.37. The molecule has 0 aliphatic heterocycles. The van der Waals surface area contributed by atoms with Crippen LogP contribution in [-0.4, -0.2) is 10.8 Å². The van der Waals surface area contributed by atoms with Gasteiger partial charge in [0.05, 0.1) is 4.92 Å². The van der Waals surface area contributed by atoms with Gasteiger partial charge in [0, 0.05) is 18.2 Å². The molecule has 0 saturated heterocycles. The number of nitrogens with one attached hydrogen (secondary N) is 1. The molecule has 0 bridgehead atoms. The van der Waals surface area contributed by atoms with Crippen molar-refractivity contribution < 1.29 is 9.72 Å². The molecule has 6 heteroatoms. The molecule has 0 atom stereocenters. The van der Waals surface area contributed by atoms with E-state index in [-0.39, 0.29) is 16.6 Å². The Balaban J connectivity index is 2.07. The first-order chi connectivity index (χ1) is 9.97. The van der Waals surface area contributed by atoms with Crippen LogP contribution in [0.15, 0.2) is 42.5 Å². The fraction of sp³-hybridized carbons (Fsp3) is 0.133. The Hall–Kier alpha value is -2.40. The summed E-state index contributed by atoms with van der Waals surface area (Å²) >= 11 is 5.78. The fourth-order valence-electron chi connectivity index (χ4n) is 1.90. The van der Waals surface area contributed by atoms with Crippen LogP contribution in [0.4, 0.5) is 5.69 Å². The van der Waals surface area contributed by atoms with Crippen molar-refractivity contribution in [2.24, 2.45) is 0 Å². The maximum absolute atomic E-state index is 12.0. The molecule has 0 aliphatic rings. The number of nitrogens with zero attached hydrogens (tertiary/aromatic N) is 1. The van der Waals surface area contributed by atoms with Crippen LogP contribution >= 0.6 is 11.6 Å². The van der Waals surface area contributed by atoms with E-state index < -0.39 is 4.92 Å². The number of nitro benzene ring substituents is 1. The van der Waals surface area contributed by atoms with Crippen molar-refractivity contribution in [2.45, 2.75) is 13.5 Å². The lowest BCUT2D eigenvalue weighted by molar-refractivity contribution is -0.384. The molecule has 0 fully saturated rings. The number of aryl methyl sites for hydroxylation is 1. The van der Waals surface area contributed by atoms with Crippen molar-refractivity contribution in [1.29, 1.82) is 0 Å². The monoisotopic (exact) mass is 304 g/mol. The van der Waals surface area contributed by atoms with Crippen molar-refractivity contribution in [3.8, 4) is 0 Å². The third-order valence-electron chi connectivity index (χ3n) is 2.94. The number of carbonyl (C=O) groups is 1. The standard InChI is InChI=1S/C15H13ClN2O3/c1-10-3-2-4-11(7-10)9-17-15(19)12-5-6-14(18(20)21)13(16)8-12/h2-8H,9H2,1H3,(H,17,19). The molecule has 0 heterocycles. The Kier molecular flexibility index (Phi) is 4.55. The van der Waals surface area contributed by atoms with Crippen molar-refractivity contribution in [2.75, 3.05) is 0 Å². The van der Waals surface area contributed by atoms with Gasteiger partial charge in [0.15, 0.2) is 0 Å². The van der Waals surface area contributed by atoms with Gasteiger partial charge < -0.3 is 5.32 Å². The van der Waals surface area contributed by atoms with E-state index in [0.29, 0.717) is 12.1 Å². The number of carbonyl (C=O) groups excluding carboxylic acids is 1. The van der Waals surface area contributed by atoms with Crippen LogP contribution in [0.3, 0.4) is 0 Å². The molecule has 1 N–H and O–H groups in total. The van der Waals surface area contributed by atoms with Gasteiger partial charge in [-0.05, 0) is 24.6 Å². The van der Waals surface area contributed by atoms with E-state index in [1.165, 1.54) is 18.2 Å². The Bertz CT molecular complexity index is 701. The Labute approximate surface area is 126 Å². The van der Waals surface area contributed by atoms with Crippen molar-refractivity contribution >= 4 is 23.2 Å². The van der Waals surface area contributed by atoms with Gasteiger partial charge in [0.2, 0.25) is 0 Å². The number of hydrogen-bond acceptors (Lipinski definition) is 3. The van der Waals surface area contributed by atoms with Crippen LogP contribution in [0.5, 0.6) is 0 Å². The predicted molar refractivity (Wildman–Crippen MR) is 80.5 cm³/mol. The number of rotatable bonds is 4. The van der Waals surface area contributed by atoms with Crippen LogP contribution in [0.25, 0.3) is 0 Å². The zero-order valence-electron chi connectivity index (χ0n) is 11.3. The molecule has 108 valence electrons. The second-order valence-corrected chi connectivity index (χ2v) is 5.00. The largest absolute Gasteiger partial charge is 0.348 e. The summed E-state index contributed by atoms with van der Waals surface area (Å²) < 4.78 is 0. The maximum atomic E-state index is 12.0. The van der Waals surface area contributed by atoms with E-state index in [4.69, 9.17) is 11.6 Å². The average Bonchev–Trinajstić information content (AvgIpc) is 2.44. The second-order valence-electron chi connectivity index (χ2n) is 4.60. The Morgan fingerprint density at radius 2 is 2.05 bits per heavy atom. The van der Waals surface area contributed by atoms with Gasteiger partial charge in [-0.1, -0.05) is 41.4 Å². The van der Waals surface area contributed by atoms with Crippen molar-refractivity contribution in [3.63, 3.8) is 0 Å². The highest BCUT2D eigenvalue weighted by Crippen LogP contribution is 2.24. The normalized spacial score (nSPS) is 10.2. The lowest BCUT2D eigenvalue weighted by Gasteiger charge is -2.06. The third-order valence-corrected chi connectivity index (χ3v) is 3.24. The summed E-state index contributed by atoms with van der Waals surface area (Å²) in [7, 11) is 0. The zero-order valence-corrected chi connectivity index (χ0v) is 12.1. The van der Waals surface area contributed by atoms with E-state index >= 15 is 0 Å². The smallest absolute Gasteiger partial charge is 0.287 e. The summed E-state index contributed by atoms with van der Waals surface area (Å²) in [4.78, 5) is 22.1. The first-order valence-electron chi connectivity index (χ1n) is 6.25. The number of nitro groups is 1. The van der Waals surface area contributed by atoms with Crippen LogP contribution < -0.4 is 5.32 Å². The van der Waals surface area contributed by atoms with Crippen LogP contribution in [-0.2, 0) is 6.54 Å². The quantitative estimate of drug-likeness (QED) is 0.694. The van der Waals surface area contributed by atoms with E-state index in [2.05, 4.69) is 5.32 Å². The molecule has 0 unspecified atom stereocenters. The van der Waals surface area contributed by atoms with E-state index in [0.717, 1.165) is 11.1 Å². The Morgan fingerprint density at radius 3 is 2.67 bits per heavy atom. The summed E-state index contributed by atoms with van der Waals surface area (Å²) in [5, 5.41) is 13.4. The molecule has 2 aromatic rings. The highest BCUT2D eigenvalue weighted by molar-refractivity contribution is 6.33. The molecule has 5 nitrogen and oxygen atoms in total. The van der Waals surface area contributed by atoms with Gasteiger partial charge in [-0.2, -0.15) is 0 Å². The first-order valence-corrected chi connectivity index (χ1v) is 6.63. The van der Waals surface area contributed by atoms with Gasteiger partial charge >= 0.3 is 0 Å². The molecule has 1 amide bonds. The minimum absolute atomic E-state index is 0.0526. The van der Waals surface area contributed by atoms with E-state index in [1.54, 1.807) is 0 Å². The number of amides is 1. The van der Waals surface area contributed by atoms with E-state index in [1.807, 2.05) is 31.2 Å². The van der Waals surface area contributed by atoms with Crippen LogP contribution in [0.2, 0.25) is 5.02 Å². The zero-order chi connectivity index (χ0) is 15.4. The predicted octanol–water partition coefficient (Wildman–Crippen LogP) is 3.49. The average molecular weight is 305 g/mol. The summed E-state index contributed by atoms with van der Waals surface area (Å²) in [5.41, 5.74) is 2.17. The molecule has 0 aliphatic carbocycles. The lowest BCUT2D eigenvalue weighted by Crippen LogP contribution is -2.22. The van der Waals surface area contributed by atoms with Gasteiger partial charge in [-0.3, -0.25) is 14.9 Å². The molecular formula is C15H13ClN2O3. The molecule has 21 heavy (non-hydrogen) atoms. The van der Waals surface area contributed by atoms with Crippen LogP contribution in [0.1, 0.15) is 21.5 Å². The number of benzene rings is 2. The van der Waals surface area contributed by atoms with E-state index in [9.17, 15) is 14.9 Å². The summed E-state index contributed by atoms with van der Waals surface area (Å²) in [6.07, 6.45) is 0. The molecule has 0 aromatic heterocycles. The van der Waals surface area contributed by atoms with Gasteiger partial charge in [0.25, 0.3) is 11.6 Å². The highest BCUT2D eigenvalue weighted by atomic mass is 35.5. The van der Waals surface area contributed by atoms with Crippen LogP contribution in [0, 0.1) is 17.0 Å². The molecule has 0 radical (unpaired) electrons. The first kappa shape index (κ1) is 15.0. The molecule has 0 spiro atoms. The maximum Gasteiger partial charge on any atom is 0.287 e. The topological polar surface area (TPSA) is 72.2 Å². The van der Waals surface area contributed by atoms with Gasteiger partial charge in [-0.15, -0.1) is 0 Å². The van der Waals surface area contributed by atoms with Crippen molar-refractivity contribution in [3.05, 3.63) is 74.3 Å². The number of halogens is 1. The molecule has 0 saturated carbocycles. The molecule has 2 aromatic carbocycles. The summed E-state index contributed by atoms with van der Waals surface area (Å²) in [6.45, 7) is 2.36.